The topological polar surface area (TPSA) is 85.0 Å². The molecule has 4 unspecified atom stereocenters. The number of benzene rings is 3. The summed E-state index contributed by atoms with van der Waals surface area (Å²) in [6.45, 7) is 0. The number of ketones is 1. The number of fused-ring (bicyclic) bond motifs is 3. The molecule has 2 aliphatic rings. The molecule has 0 saturated carbocycles. The van der Waals surface area contributed by atoms with E-state index in [1.807, 2.05) is 48.5 Å². The Bertz CT molecular complexity index is 1240. The summed E-state index contributed by atoms with van der Waals surface area (Å²) >= 11 is 3.43. The van der Waals surface area contributed by atoms with Crippen LogP contribution in [0.3, 0.4) is 0 Å². The van der Waals surface area contributed by atoms with Gasteiger partial charge in [-0.3, -0.25) is 19.9 Å². The van der Waals surface area contributed by atoms with Crippen molar-refractivity contribution in [1.29, 1.82) is 0 Å². The van der Waals surface area contributed by atoms with Crippen molar-refractivity contribution >= 4 is 27.9 Å². The normalized spacial score (nSPS) is 23.0. The van der Waals surface area contributed by atoms with E-state index in [0.717, 1.165) is 21.2 Å². The lowest BCUT2D eigenvalue weighted by atomic mass is 9.82. The van der Waals surface area contributed by atoms with Gasteiger partial charge < -0.3 is 4.74 Å². The minimum Gasteiger partial charge on any atom is -0.497 e. The fourth-order valence-corrected chi connectivity index (χ4v) is 5.16. The second kappa shape index (κ2) is 8.44. The van der Waals surface area contributed by atoms with Gasteiger partial charge in [0.15, 0.2) is 5.78 Å². The van der Waals surface area contributed by atoms with Gasteiger partial charge in [-0.25, -0.2) is 0 Å². The molecular weight excluding hydrogens is 486 g/mol. The molecule has 7 nitrogen and oxygen atoms in total. The first-order valence-corrected chi connectivity index (χ1v) is 11.3. The van der Waals surface area contributed by atoms with Gasteiger partial charge in [0.25, 0.3) is 0 Å². The van der Waals surface area contributed by atoms with E-state index < -0.39 is 24.0 Å². The van der Waals surface area contributed by atoms with E-state index in [2.05, 4.69) is 21.0 Å². The van der Waals surface area contributed by atoms with Crippen LogP contribution in [0.15, 0.2) is 82.4 Å². The largest absolute Gasteiger partial charge is 0.497 e. The highest BCUT2D eigenvalue weighted by Crippen LogP contribution is 2.49. The highest BCUT2D eigenvalue weighted by molar-refractivity contribution is 9.10. The molecule has 0 bridgehead atoms. The third-order valence-corrected chi connectivity index (χ3v) is 6.92. The monoisotopic (exact) mass is 505 g/mol. The number of hydrogen-bond acceptors (Lipinski definition) is 6. The van der Waals surface area contributed by atoms with Gasteiger partial charge in [-0.05, 0) is 47.5 Å². The SMILES string of the molecule is COc1ccc(C(=O)C2C(c3ccc(Br)cc3)C([N+](=O)[O-])C3c4ccccc4C=NN23)cc1. The molecule has 1 fully saturated rings. The summed E-state index contributed by atoms with van der Waals surface area (Å²) in [5.74, 6) is -0.263. The van der Waals surface area contributed by atoms with Gasteiger partial charge in [-0.2, -0.15) is 5.10 Å². The molecule has 0 radical (unpaired) electrons. The molecule has 0 N–H and O–H groups in total. The molecule has 33 heavy (non-hydrogen) atoms. The van der Waals surface area contributed by atoms with Crippen LogP contribution in [0.5, 0.6) is 5.75 Å². The van der Waals surface area contributed by atoms with E-state index in [1.165, 1.54) is 0 Å². The zero-order valence-electron chi connectivity index (χ0n) is 17.7. The molecule has 166 valence electrons. The molecule has 2 heterocycles. The Morgan fingerprint density at radius 2 is 1.76 bits per heavy atom. The van der Waals surface area contributed by atoms with Crippen molar-refractivity contribution in [2.75, 3.05) is 7.11 Å². The van der Waals surface area contributed by atoms with Crippen LogP contribution in [0.4, 0.5) is 0 Å². The Balaban J connectivity index is 1.67. The van der Waals surface area contributed by atoms with Gasteiger partial charge in [0.2, 0.25) is 6.04 Å². The molecule has 2 aliphatic heterocycles. The van der Waals surface area contributed by atoms with Crippen molar-refractivity contribution in [2.45, 2.75) is 24.0 Å². The lowest BCUT2D eigenvalue weighted by Gasteiger charge is -2.30. The van der Waals surface area contributed by atoms with Crippen LogP contribution in [0.1, 0.15) is 39.0 Å². The fourth-order valence-electron chi connectivity index (χ4n) is 4.89. The number of carbonyl (C=O) groups is 1. The molecule has 3 aromatic carbocycles. The van der Waals surface area contributed by atoms with E-state index in [0.29, 0.717) is 11.3 Å². The molecule has 0 aromatic heterocycles. The number of hydrogen-bond donors (Lipinski definition) is 0. The van der Waals surface area contributed by atoms with Crippen LogP contribution in [-0.2, 0) is 0 Å². The van der Waals surface area contributed by atoms with Crippen molar-refractivity contribution in [1.82, 2.24) is 5.01 Å². The standard InChI is InChI=1S/C25H20BrN3O4/c1-33-19-12-8-16(9-13-19)25(30)24-21(15-6-10-18(26)11-7-15)23(29(31)32)22-20-5-3-2-4-17(20)14-27-28(22)24/h2-14,21-24H,1H3. The summed E-state index contributed by atoms with van der Waals surface area (Å²) < 4.78 is 6.07. The summed E-state index contributed by atoms with van der Waals surface area (Å²) in [6, 6.07) is 19.2. The van der Waals surface area contributed by atoms with Crippen LogP contribution in [0, 0.1) is 10.1 Å². The van der Waals surface area contributed by atoms with E-state index in [1.54, 1.807) is 42.6 Å². The molecule has 1 saturated heterocycles. The predicted octanol–water partition coefficient (Wildman–Crippen LogP) is 4.84. The number of ether oxygens (including phenoxy) is 1. The van der Waals surface area contributed by atoms with Gasteiger partial charge in [0.1, 0.15) is 17.8 Å². The van der Waals surface area contributed by atoms with Crippen LogP contribution in [0.25, 0.3) is 0 Å². The predicted molar refractivity (Wildman–Crippen MR) is 127 cm³/mol. The first kappa shape index (κ1) is 21.3. The molecular formula is C25H20BrN3O4. The highest BCUT2D eigenvalue weighted by Gasteiger charge is 2.60. The Kier molecular flexibility index (Phi) is 5.46. The number of rotatable bonds is 5. The third kappa shape index (κ3) is 3.60. The summed E-state index contributed by atoms with van der Waals surface area (Å²) in [4.78, 5) is 26.1. The molecule has 0 amide bonds. The van der Waals surface area contributed by atoms with E-state index in [-0.39, 0.29) is 10.7 Å². The molecule has 0 aliphatic carbocycles. The molecule has 0 spiro atoms. The fraction of sp³-hybridized carbons (Fsp3) is 0.200. The smallest absolute Gasteiger partial charge is 0.248 e. The van der Waals surface area contributed by atoms with Crippen LogP contribution in [0.2, 0.25) is 0 Å². The number of nitrogens with zero attached hydrogens (tertiary/aromatic N) is 3. The molecule has 3 aromatic rings. The Labute approximate surface area is 199 Å². The number of carbonyl (C=O) groups excluding carboxylic acids is 1. The average Bonchev–Trinajstić information content (AvgIpc) is 3.20. The number of nitro groups is 1. The third-order valence-electron chi connectivity index (χ3n) is 6.39. The summed E-state index contributed by atoms with van der Waals surface area (Å²) in [6.07, 6.45) is 1.68. The van der Waals surface area contributed by atoms with Gasteiger partial charge in [0, 0.05) is 20.5 Å². The van der Waals surface area contributed by atoms with Crippen molar-refractivity contribution in [3.63, 3.8) is 0 Å². The zero-order valence-corrected chi connectivity index (χ0v) is 19.3. The van der Waals surface area contributed by atoms with Gasteiger partial charge in [-0.15, -0.1) is 0 Å². The maximum atomic E-state index is 13.8. The Morgan fingerprint density at radius 3 is 2.42 bits per heavy atom. The summed E-state index contributed by atoms with van der Waals surface area (Å²) in [5.41, 5.74) is 2.83. The van der Waals surface area contributed by atoms with Gasteiger partial charge in [-0.1, -0.05) is 52.3 Å². The number of Topliss-reactive ketones (excluding diaryl/α,β-unsaturated/α-hetero) is 1. The second-order valence-corrected chi connectivity index (χ2v) is 9.00. The zero-order chi connectivity index (χ0) is 23.1. The molecule has 4 atom stereocenters. The van der Waals surface area contributed by atoms with Crippen LogP contribution >= 0.6 is 15.9 Å². The highest BCUT2D eigenvalue weighted by atomic mass is 79.9. The quantitative estimate of drug-likeness (QED) is 0.281. The van der Waals surface area contributed by atoms with E-state index >= 15 is 0 Å². The lowest BCUT2D eigenvalue weighted by Crippen LogP contribution is -2.38. The van der Waals surface area contributed by atoms with Gasteiger partial charge in [0.05, 0.1) is 19.2 Å². The maximum Gasteiger partial charge on any atom is 0.248 e. The first-order chi connectivity index (χ1) is 16.0. The summed E-state index contributed by atoms with van der Waals surface area (Å²) in [5, 5.41) is 18.7. The number of methoxy groups -OCH3 is 1. The molecule has 8 heteroatoms. The van der Waals surface area contributed by atoms with Crippen molar-refractivity contribution in [3.8, 4) is 5.75 Å². The first-order valence-electron chi connectivity index (χ1n) is 10.5. The Morgan fingerprint density at radius 1 is 1.06 bits per heavy atom. The van der Waals surface area contributed by atoms with Crippen molar-refractivity contribution < 1.29 is 14.5 Å². The Hall–Kier alpha value is -3.52. The second-order valence-electron chi connectivity index (χ2n) is 8.09. The van der Waals surface area contributed by atoms with Crippen LogP contribution < -0.4 is 4.74 Å². The average molecular weight is 506 g/mol. The van der Waals surface area contributed by atoms with E-state index in [9.17, 15) is 14.9 Å². The molecule has 5 rings (SSSR count). The van der Waals surface area contributed by atoms with E-state index in [4.69, 9.17) is 4.74 Å². The minimum absolute atomic E-state index is 0.212. The van der Waals surface area contributed by atoms with Crippen molar-refractivity contribution in [2.24, 2.45) is 5.10 Å². The van der Waals surface area contributed by atoms with Gasteiger partial charge >= 0.3 is 0 Å². The van der Waals surface area contributed by atoms with Crippen LogP contribution in [-0.4, -0.2) is 41.1 Å². The summed E-state index contributed by atoms with van der Waals surface area (Å²) in [7, 11) is 1.56. The lowest BCUT2D eigenvalue weighted by molar-refractivity contribution is -0.529. The maximum absolute atomic E-state index is 13.8. The number of hydrazone groups is 1. The number of halogens is 1. The van der Waals surface area contributed by atoms with Crippen molar-refractivity contribution in [3.05, 3.63) is 110 Å². The minimum atomic E-state index is -1.04.